The van der Waals surface area contributed by atoms with Gasteiger partial charge in [0.25, 0.3) is 0 Å². The van der Waals surface area contributed by atoms with E-state index in [0.717, 1.165) is 12.1 Å². The summed E-state index contributed by atoms with van der Waals surface area (Å²) in [5, 5.41) is 8.78. The van der Waals surface area contributed by atoms with Crippen molar-refractivity contribution < 1.29 is 22.3 Å². The van der Waals surface area contributed by atoms with Crippen LogP contribution in [0.5, 0.6) is 0 Å². The number of halogens is 2. The number of aliphatic hydroxyl groups is 1. The molecular weight excluding hydrogens is 288 g/mol. The van der Waals surface area contributed by atoms with Crippen LogP contribution in [0.25, 0.3) is 0 Å². The molecule has 20 heavy (non-hydrogen) atoms. The fourth-order valence-corrected chi connectivity index (χ4v) is 2.92. The van der Waals surface area contributed by atoms with Crippen molar-refractivity contribution in [2.75, 3.05) is 13.2 Å². The first kappa shape index (κ1) is 17.0. The number of aliphatic hydroxyl groups excluding tert-OH is 1. The molecule has 0 unspecified atom stereocenters. The SMILES string of the molecule is CC(C)(CCCO)CNS(=O)(=O)c1ccc(F)c(F)c1. The number of sulfonamides is 1. The summed E-state index contributed by atoms with van der Waals surface area (Å²) in [4.78, 5) is -0.311. The number of rotatable bonds is 7. The van der Waals surface area contributed by atoms with Gasteiger partial charge in [-0.3, -0.25) is 0 Å². The van der Waals surface area contributed by atoms with Crippen LogP contribution in [-0.4, -0.2) is 26.7 Å². The largest absolute Gasteiger partial charge is 0.396 e. The fraction of sp³-hybridized carbons (Fsp3) is 0.538. The van der Waals surface area contributed by atoms with Gasteiger partial charge in [-0.15, -0.1) is 0 Å². The Balaban J connectivity index is 2.77. The van der Waals surface area contributed by atoms with E-state index in [1.54, 1.807) is 0 Å². The Kier molecular flexibility index (Phi) is 5.61. The van der Waals surface area contributed by atoms with Crippen molar-refractivity contribution in [2.24, 2.45) is 5.41 Å². The summed E-state index contributed by atoms with van der Waals surface area (Å²) in [6.45, 7) is 3.90. The lowest BCUT2D eigenvalue weighted by Gasteiger charge is -2.24. The average molecular weight is 307 g/mol. The highest BCUT2D eigenvalue weighted by Gasteiger charge is 2.22. The Hall–Kier alpha value is -1.05. The van der Waals surface area contributed by atoms with Gasteiger partial charge in [-0.1, -0.05) is 13.8 Å². The number of hydrogen-bond acceptors (Lipinski definition) is 3. The van der Waals surface area contributed by atoms with Crippen molar-refractivity contribution in [1.29, 1.82) is 0 Å². The highest BCUT2D eigenvalue weighted by molar-refractivity contribution is 7.89. The van der Waals surface area contributed by atoms with E-state index in [-0.39, 0.29) is 23.5 Å². The first-order chi connectivity index (χ1) is 9.18. The van der Waals surface area contributed by atoms with Crippen LogP contribution in [-0.2, 0) is 10.0 Å². The van der Waals surface area contributed by atoms with Gasteiger partial charge >= 0.3 is 0 Å². The molecule has 4 nitrogen and oxygen atoms in total. The molecule has 0 aliphatic carbocycles. The molecule has 0 bridgehead atoms. The van der Waals surface area contributed by atoms with Crippen molar-refractivity contribution in [2.45, 2.75) is 31.6 Å². The molecule has 0 radical (unpaired) electrons. The second-order valence-corrected chi connectivity index (χ2v) is 7.16. The van der Waals surface area contributed by atoms with Crippen LogP contribution in [0.3, 0.4) is 0 Å². The third-order valence-electron chi connectivity index (χ3n) is 2.95. The van der Waals surface area contributed by atoms with Gasteiger partial charge in [-0.05, 0) is 36.5 Å². The van der Waals surface area contributed by atoms with E-state index in [9.17, 15) is 17.2 Å². The van der Waals surface area contributed by atoms with Crippen molar-refractivity contribution >= 4 is 10.0 Å². The summed E-state index contributed by atoms with van der Waals surface area (Å²) in [5.74, 6) is -2.29. The minimum absolute atomic E-state index is 0.0410. The van der Waals surface area contributed by atoms with Crippen LogP contribution < -0.4 is 4.72 Å². The Morgan fingerprint density at radius 2 is 1.90 bits per heavy atom. The Morgan fingerprint density at radius 1 is 1.25 bits per heavy atom. The standard InChI is InChI=1S/C13H19F2NO3S/c1-13(2,6-3-7-17)9-16-20(18,19)10-4-5-11(14)12(15)8-10/h4-5,8,16-17H,3,6-7,9H2,1-2H3. The van der Waals surface area contributed by atoms with E-state index >= 15 is 0 Å². The molecule has 0 aliphatic rings. The van der Waals surface area contributed by atoms with Gasteiger partial charge in [0.1, 0.15) is 0 Å². The molecule has 0 saturated carbocycles. The molecule has 1 rings (SSSR count). The summed E-state index contributed by atoms with van der Waals surface area (Å²) in [7, 11) is -3.88. The number of benzene rings is 1. The van der Waals surface area contributed by atoms with Crippen LogP contribution in [0.2, 0.25) is 0 Å². The van der Waals surface area contributed by atoms with Gasteiger partial charge in [0.2, 0.25) is 10.0 Å². The molecular formula is C13H19F2NO3S. The van der Waals surface area contributed by atoms with E-state index in [1.165, 1.54) is 0 Å². The van der Waals surface area contributed by atoms with Gasteiger partial charge in [-0.25, -0.2) is 21.9 Å². The molecule has 0 saturated heterocycles. The lowest BCUT2D eigenvalue weighted by atomic mass is 9.88. The lowest BCUT2D eigenvalue weighted by molar-refractivity contribution is 0.242. The monoisotopic (exact) mass is 307 g/mol. The molecule has 0 spiro atoms. The van der Waals surface area contributed by atoms with E-state index < -0.39 is 21.7 Å². The summed E-state index contributed by atoms with van der Waals surface area (Å²) in [6, 6.07) is 2.45. The van der Waals surface area contributed by atoms with Gasteiger partial charge in [0.05, 0.1) is 4.90 Å². The molecule has 0 aromatic heterocycles. The molecule has 0 heterocycles. The van der Waals surface area contributed by atoms with Gasteiger partial charge in [-0.2, -0.15) is 0 Å². The van der Waals surface area contributed by atoms with E-state index in [1.807, 2.05) is 13.8 Å². The van der Waals surface area contributed by atoms with Gasteiger partial charge in [0.15, 0.2) is 11.6 Å². The van der Waals surface area contributed by atoms with Crippen LogP contribution >= 0.6 is 0 Å². The molecule has 0 amide bonds. The predicted molar refractivity (Wildman–Crippen MR) is 71.6 cm³/mol. The lowest BCUT2D eigenvalue weighted by Crippen LogP contribution is -2.34. The van der Waals surface area contributed by atoms with Crippen molar-refractivity contribution in [1.82, 2.24) is 4.72 Å². The summed E-state index contributed by atoms with van der Waals surface area (Å²) >= 11 is 0. The van der Waals surface area contributed by atoms with Crippen molar-refractivity contribution in [3.63, 3.8) is 0 Å². The normalized spacial score (nSPS) is 12.7. The maximum absolute atomic E-state index is 13.1. The zero-order valence-electron chi connectivity index (χ0n) is 11.5. The van der Waals surface area contributed by atoms with Crippen LogP contribution in [0.1, 0.15) is 26.7 Å². The zero-order chi connectivity index (χ0) is 15.4. The second-order valence-electron chi connectivity index (χ2n) is 5.39. The van der Waals surface area contributed by atoms with Crippen molar-refractivity contribution in [3.05, 3.63) is 29.8 Å². The van der Waals surface area contributed by atoms with E-state index in [4.69, 9.17) is 5.11 Å². The van der Waals surface area contributed by atoms with Crippen molar-refractivity contribution in [3.8, 4) is 0 Å². The summed E-state index contributed by atoms with van der Waals surface area (Å²) in [6.07, 6.45) is 1.21. The molecule has 1 aromatic carbocycles. The van der Waals surface area contributed by atoms with Gasteiger partial charge in [0, 0.05) is 13.2 Å². The van der Waals surface area contributed by atoms with Crippen LogP contribution in [0.4, 0.5) is 8.78 Å². The molecule has 0 aliphatic heterocycles. The second kappa shape index (κ2) is 6.60. The minimum Gasteiger partial charge on any atom is -0.396 e. The fourth-order valence-electron chi connectivity index (χ4n) is 1.66. The first-order valence-corrected chi connectivity index (χ1v) is 7.72. The average Bonchev–Trinajstić information content (AvgIpc) is 2.37. The molecule has 2 N–H and O–H groups in total. The third kappa shape index (κ3) is 4.81. The maximum atomic E-state index is 13.1. The van der Waals surface area contributed by atoms with E-state index in [2.05, 4.69) is 4.72 Å². The van der Waals surface area contributed by atoms with Crippen LogP contribution in [0.15, 0.2) is 23.1 Å². The summed E-state index contributed by atoms with van der Waals surface area (Å²) in [5.41, 5.74) is -0.339. The Morgan fingerprint density at radius 3 is 2.45 bits per heavy atom. The molecule has 7 heteroatoms. The molecule has 0 atom stereocenters. The minimum atomic E-state index is -3.88. The molecule has 0 fully saturated rings. The zero-order valence-corrected chi connectivity index (χ0v) is 12.3. The quantitative estimate of drug-likeness (QED) is 0.810. The van der Waals surface area contributed by atoms with E-state index in [0.29, 0.717) is 18.9 Å². The smallest absolute Gasteiger partial charge is 0.240 e. The predicted octanol–water partition coefficient (Wildman–Crippen LogP) is 2.04. The first-order valence-electron chi connectivity index (χ1n) is 6.23. The topological polar surface area (TPSA) is 66.4 Å². The summed E-state index contributed by atoms with van der Waals surface area (Å²) < 4.78 is 52.1. The molecule has 1 aromatic rings. The highest BCUT2D eigenvalue weighted by Crippen LogP contribution is 2.22. The highest BCUT2D eigenvalue weighted by atomic mass is 32.2. The number of nitrogens with one attached hydrogen (secondary N) is 1. The number of hydrogen-bond donors (Lipinski definition) is 2. The molecule has 114 valence electrons. The van der Waals surface area contributed by atoms with Gasteiger partial charge < -0.3 is 5.11 Å². The Labute approximate surface area is 117 Å². The Bertz CT molecular complexity index is 559. The van der Waals surface area contributed by atoms with Crippen LogP contribution in [0, 0.1) is 17.0 Å². The maximum Gasteiger partial charge on any atom is 0.240 e. The third-order valence-corrected chi connectivity index (χ3v) is 4.35.